The molecule has 25 heavy (non-hydrogen) atoms. The summed E-state index contributed by atoms with van der Waals surface area (Å²) in [5.74, 6) is 0.680. The van der Waals surface area contributed by atoms with Crippen molar-refractivity contribution in [3.63, 3.8) is 0 Å². The van der Waals surface area contributed by atoms with Crippen LogP contribution in [0.1, 0.15) is 66.7 Å². The van der Waals surface area contributed by atoms with Gasteiger partial charge in [0.05, 0.1) is 0 Å². The summed E-state index contributed by atoms with van der Waals surface area (Å²) in [6, 6.07) is 0.563. The molecule has 146 valence electrons. The fraction of sp³-hybridized carbons (Fsp3) is 0.895. The lowest BCUT2D eigenvalue weighted by Gasteiger charge is -2.36. The van der Waals surface area contributed by atoms with Gasteiger partial charge >= 0.3 is 0 Å². The van der Waals surface area contributed by atoms with Gasteiger partial charge in [-0.05, 0) is 60.0 Å². The van der Waals surface area contributed by atoms with Crippen LogP contribution in [0, 0.1) is 0 Å². The number of piperidine rings is 1. The summed E-state index contributed by atoms with van der Waals surface area (Å²) < 4.78 is 0. The molecule has 1 rings (SSSR count). The number of rotatable bonds is 8. The van der Waals surface area contributed by atoms with Crippen LogP contribution in [-0.2, 0) is 4.79 Å². The van der Waals surface area contributed by atoms with Crippen LogP contribution in [0.5, 0.6) is 0 Å². The van der Waals surface area contributed by atoms with E-state index in [1.54, 1.807) is 0 Å². The maximum Gasteiger partial charge on any atom is 0.242 e. The van der Waals surface area contributed by atoms with Gasteiger partial charge in [0.15, 0.2) is 5.96 Å². The number of aliphatic imine (C=N–C) groups is 1. The quantitative estimate of drug-likeness (QED) is 0.462. The fourth-order valence-electron chi connectivity index (χ4n) is 3.11. The van der Waals surface area contributed by atoms with Crippen LogP contribution in [0.25, 0.3) is 0 Å². The Kier molecular flexibility index (Phi) is 9.86. The third-order valence-electron chi connectivity index (χ3n) is 4.29. The second-order valence-electron chi connectivity index (χ2n) is 7.91. The minimum Gasteiger partial charge on any atom is -0.357 e. The molecule has 1 heterocycles. The van der Waals surface area contributed by atoms with Crippen molar-refractivity contribution < 1.29 is 4.79 Å². The predicted octanol–water partition coefficient (Wildman–Crippen LogP) is 2.11. The van der Waals surface area contributed by atoms with Gasteiger partial charge in [-0.15, -0.1) is 0 Å². The van der Waals surface area contributed by atoms with Crippen LogP contribution in [0.3, 0.4) is 0 Å². The number of unbranched alkanes of at least 4 members (excludes halogenated alkanes) is 1. The van der Waals surface area contributed by atoms with Crippen molar-refractivity contribution in [3.05, 3.63) is 0 Å². The third kappa shape index (κ3) is 9.68. The van der Waals surface area contributed by atoms with E-state index in [2.05, 4.69) is 32.8 Å². The number of nitrogens with one attached hydrogen (secondary N) is 3. The zero-order valence-electron chi connectivity index (χ0n) is 17.0. The first-order chi connectivity index (χ1) is 11.9. The molecule has 0 bridgehead atoms. The minimum absolute atomic E-state index is 0.0491. The second kappa shape index (κ2) is 11.3. The summed E-state index contributed by atoms with van der Waals surface area (Å²) in [4.78, 5) is 19.0. The van der Waals surface area contributed by atoms with Crippen molar-refractivity contribution in [2.24, 2.45) is 4.99 Å². The summed E-state index contributed by atoms with van der Waals surface area (Å²) in [5.41, 5.74) is -0.222. The second-order valence-corrected chi connectivity index (χ2v) is 7.91. The largest absolute Gasteiger partial charge is 0.357 e. The molecule has 0 aromatic rings. The maximum absolute atomic E-state index is 12.0. The first-order valence-electron chi connectivity index (χ1n) is 9.93. The molecule has 1 atom stereocenters. The molecule has 1 aliphatic rings. The normalized spacial score (nSPS) is 19.6. The highest BCUT2D eigenvalue weighted by molar-refractivity contribution is 5.85. The highest BCUT2D eigenvalue weighted by Crippen LogP contribution is 2.16. The highest BCUT2D eigenvalue weighted by Gasteiger charge is 2.22. The number of guanidine groups is 1. The lowest BCUT2D eigenvalue weighted by molar-refractivity contribution is -0.121. The van der Waals surface area contributed by atoms with E-state index in [4.69, 9.17) is 0 Å². The summed E-state index contributed by atoms with van der Waals surface area (Å²) in [6.07, 6.45) is 6.35. The van der Waals surface area contributed by atoms with Gasteiger partial charge in [-0.1, -0.05) is 19.8 Å². The monoisotopic (exact) mass is 353 g/mol. The lowest BCUT2D eigenvalue weighted by Crippen LogP contribution is -2.49. The maximum atomic E-state index is 12.0. The average Bonchev–Trinajstić information content (AvgIpc) is 2.54. The Morgan fingerprint density at radius 2 is 1.96 bits per heavy atom. The molecule has 0 aromatic heterocycles. The Morgan fingerprint density at radius 1 is 1.20 bits per heavy atom. The number of hydrogen-bond acceptors (Lipinski definition) is 3. The molecule has 0 radical (unpaired) electrons. The van der Waals surface area contributed by atoms with E-state index in [1.807, 2.05) is 27.7 Å². The number of amides is 1. The molecular formula is C19H39N5O. The third-order valence-corrected chi connectivity index (χ3v) is 4.29. The molecule has 0 spiro atoms. The van der Waals surface area contributed by atoms with Gasteiger partial charge in [0.1, 0.15) is 6.54 Å². The van der Waals surface area contributed by atoms with E-state index in [0.29, 0.717) is 6.04 Å². The minimum atomic E-state index is -0.222. The number of carbonyl (C=O) groups excluding carboxylic acids is 1. The molecule has 6 heteroatoms. The molecule has 6 nitrogen and oxygen atoms in total. The molecule has 1 unspecified atom stereocenters. The molecule has 1 amide bonds. The summed E-state index contributed by atoms with van der Waals surface area (Å²) in [6.45, 7) is 14.4. The molecule has 0 aliphatic carbocycles. The van der Waals surface area contributed by atoms with Gasteiger partial charge in [-0.25, -0.2) is 4.99 Å². The Bertz CT molecular complexity index is 417. The van der Waals surface area contributed by atoms with E-state index in [0.717, 1.165) is 19.0 Å². The van der Waals surface area contributed by atoms with Crippen molar-refractivity contribution >= 4 is 11.9 Å². The van der Waals surface area contributed by atoms with Gasteiger partial charge in [0, 0.05) is 24.7 Å². The van der Waals surface area contributed by atoms with E-state index < -0.39 is 0 Å². The van der Waals surface area contributed by atoms with Crippen LogP contribution >= 0.6 is 0 Å². The molecule has 1 aliphatic heterocycles. The smallest absolute Gasteiger partial charge is 0.242 e. The van der Waals surface area contributed by atoms with Gasteiger partial charge in [0.25, 0.3) is 0 Å². The number of likely N-dealkylation sites (tertiary alicyclic amines) is 1. The van der Waals surface area contributed by atoms with Crippen molar-refractivity contribution in [2.75, 3.05) is 32.7 Å². The molecule has 1 fully saturated rings. The zero-order chi connectivity index (χ0) is 18.7. The highest BCUT2D eigenvalue weighted by atomic mass is 16.2. The van der Waals surface area contributed by atoms with Crippen molar-refractivity contribution in [3.8, 4) is 0 Å². The Hall–Kier alpha value is -1.30. The van der Waals surface area contributed by atoms with E-state index in [1.165, 1.54) is 45.2 Å². The van der Waals surface area contributed by atoms with Crippen LogP contribution < -0.4 is 16.0 Å². The topological polar surface area (TPSA) is 68.8 Å². The number of nitrogens with zero attached hydrogens (tertiary/aromatic N) is 2. The average molecular weight is 354 g/mol. The Labute approximate surface area is 154 Å². The lowest BCUT2D eigenvalue weighted by atomic mass is 10.0. The first-order valence-corrected chi connectivity index (χ1v) is 9.93. The zero-order valence-corrected chi connectivity index (χ0v) is 17.0. The summed E-state index contributed by atoms with van der Waals surface area (Å²) >= 11 is 0. The van der Waals surface area contributed by atoms with Crippen LogP contribution in [-0.4, -0.2) is 61.1 Å². The van der Waals surface area contributed by atoms with Gasteiger partial charge in [-0.2, -0.15) is 0 Å². The van der Waals surface area contributed by atoms with Gasteiger partial charge in [0.2, 0.25) is 5.91 Å². The van der Waals surface area contributed by atoms with Crippen molar-refractivity contribution in [2.45, 2.75) is 78.3 Å². The Morgan fingerprint density at radius 3 is 2.60 bits per heavy atom. The molecule has 1 saturated heterocycles. The van der Waals surface area contributed by atoms with E-state index in [9.17, 15) is 4.79 Å². The SMILES string of the molecule is CCCCN1CCCCC1CNC(=NCC(=O)NC(C)(C)C)NCC. The van der Waals surface area contributed by atoms with Gasteiger partial charge < -0.3 is 16.0 Å². The van der Waals surface area contributed by atoms with Crippen molar-refractivity contribution in [1.82, 2.24) is 20.9 Å². The Balaban J connectivity index is 2.52. The van der Waals surface area contributed by atoms with Crippen molar-refractivity contribution in [1.29, 1.82) is 0 Å². The summed E-state index contributed by atoms with van der Waals surface area (Å²) in [5, 5.41) is 9.61. The van der Waals surface area contributed by atoms with E-state index in [-0.39, 0.29) is 18.0 Å². The number of hydrogen-bond donors (Lipinski definition) is 3. The summed E-state index contributed by atoms with van der Waals surface area (Å²) in [7, 11) is 0. The predicted molar refractivity (Wildman–Crippen MR) is 106 cm³/mol. The van der Waals surface area contributed by atoms with Crippen LogP contribution in [0.4, 0.5) is 0 Å². The van der Waals surface area contributed by atoms with Crippen LogP contribution in [0.2, 0.25) is 0 Å². The molecule has 0 saturated carbocycles. The first kappa shape index (κ1) is 21.7. The molecule has 0 aromatic carbocycles. The standard InChI is InChI=1S/C19H39N5O/c1-6-8-12-24-13-10-9-11-16(24)14-21-18(20-7-2)22-15-17(25)23-19(3,4)5/h16H,6-15H2,1-5H3,(H,23,25)(H2,20,21,22). The molecular weight excluding hydrogens is 314 g/mol. The number of carbonyl (C=O) groups is 1. The fourth-order valence-corrected chi connectivity index (χ4v) is 3.11. The molecule has 3 N–H and O–H groups in total. The van der Waals surface area contributed by atoms with Crippen LogP contribution in [0.15, 0.2) is 4.99 Å². The van der Waals surface area contributed by atoms with Gasteiger partial charge in [-0.3, -0.25) is 9.69 Å². The van der Waals surface area contributed by atoms with E-state index >= 15 is 0 Å².